The number of nitrogens with one attached hydrogen (secondary N) is 1. The molecular formula is C27H30ClN3O2. The van der Waals surface area contributed by atoms with E-state index in [0.29, 0.717) is 22.9 Å². The molecule has 33 heavy (non-hydrogen) atoms. The summed E-state index contributed by atoms with van der Waals surface area (Å²) < 4.78 is 5.84. The number of amides is 1. The van der Waals surface area contributed by atoms with Crippen LogP contribution in [0.15, 0.2) is 84.1 Å². The lowest BCUT2D eigenvalue weighted by Crippen LogP contribution is -2.50. The van der Waals surface area contributed by atoms with Crippen LogP contribution in [0.1, 0.15) is 51.2 Å². The summed E-state index contributed by atoms with van der Waals surface area (Å²) in [5, 5.41) is 13.1. The van der Waals surface area contributed by atoms with Crippen LogP contribution in [0.2, 0.25) is 0 Å². The van der Waals surface area contributed by atoms with E-state index in [-0.39, 0.29) is 17.9 Å². The van der Waals surface area contributed by atoms with Gasteiger partial charge in [0.15, 0.2) is 5.60 Å². The van der Waals surface area contributed by atoms with Crippen molar-refractivity contribution < 1.29 is 9.53 Å². The van der Waals surface area contributed by atoms with E-state index in [1.807, 2.05) is 37.3 Å². The second kappa shape index (κ2) is 12.0. The molecule has 5 nitrogen and oxygen atoms in total. The third-order valence-corrected chi connectivity index (χ3v) is 5.32. The van der Waals surface area contributed by atoms with Crippen LogP contribution >= 0.6 is 11.6 Å². The van der Waals surface area contributed by atoms with Gasteiger partial charge in [-0.15, -0.1) is 0 Å². The molecule has 0 saturated carbocycles. The molecule has 0 bridgehead atoms. The molecule has 0 saturated heterocycles. The summed E-state index contributed by atoms with van der Waals surface area (Å²) in [5.74, 6) is 0.00702. The SMILES string of the molecule is C=C/C(=C\C=C(/C)Cl)CC(c1cccc(C#N)c1)C(C)NC(=O)C(C)(C)Oc1ccccn1. The molecule has 1 heterocycles. The number of rotatable bonds is 10. The van der Waals surface area contributed by atoms with Crippen molar-refractivity contribution in [3.63, 3.8) is 0 Å². The molecule has 6 heteroatoms. The average Bonchev–Trinajstić information content (AvgIpc) is 2.79. The van der Waals surface area contributed by atoms with Gasteiger partial charge in [0.25, 0.3) is 5.91 Å². The lowest BCUT2D eigenvalue weighted by Gasteiger charge is -2.31. The number of carbonyl (C=O) groups excluding carboxylic acids is 1. The summed E-state index contributed by atoms with van der Waals surface area (Å²) in [7, 11) is 0. The summed E-state index contributed by atoms with van der Waals surface area (Å²) in [6, 6.07) is 14.7. The van der Waals surface area contributed by atoms with Crippen molar-refractivity contribution in [3.8, 4) is 11.9 Å². The first-order chi connectivity index (χ1) is 15.7. The highest BCUT2D eigenvalue weighted by Crippen LogP contribution is 2.29. The molecule has 2 rings (SSSR count). The number of carbonyl (C=O) groups is 1. The van der Waals surface area contributed by atoms with E-state index in [1.54, 1.807) is 57.3 Å². The lowest BCUT2D eigenvalue weighted by molar-refractivity contribution is -0.135. The minimum Gasteiger partial charge on any atom is -0.462 e. The third kappa shape index (κ3) is 7.93. The molecule has 0 aliphatic rings. The van der Waals surface area contributed by atoms with Crippen molar-refractivity contribution in [3.05, 3.63) is 95.2 Å². The number of pyridine rings is 1. The molecule has 1 aromatic carbocycles. The monoisotopic (exact) mass is 463 g/mol. The van der Waals surface area contributed by atoms with Crippen molar-refractivity contribution in [1.82, 2.24) is 10.3 Å². The van der Waals surface area contributed by atoms with Gasteiger partial charge in [-0.05, 0) is 69.5 Å². The van der Waals surface area contributed by atoms with Crippen LogP contribution < -0.4 is 10.1 Å². The predicted octanol–water partition coefficient (Wildman–Crippen LogP) is 6.04. The molecule has 2 aromatic rings. The highest BCUT2D eigenvalue weighted by Gasteiger charge is 2.33. The van der Waals surface area contributed by atoms with Crippen LogP contribution in [0.4, 0.5) is 0 Å². The fourth-order valence-electron chi connectivity index (χ4n) is 3.31. The second-order valence-electron chi connectivity index (χ2n) is 8.29. The molecule has 0 fully saturated rings. The molecule has 1 aromatic heterocycles. The molecule has 1 N–H and O–H groups in total. The normalized spacial score (nSPS) is 14.1. The standard InChI is InChI=1S/C27H30ClN3O2/c1-6-21(14-13-19(2)28)17-24(23-11-9-10-22(16-23)18-29)20(3)31-26(32)27(4,5)33-25-12-7-8-15-30-25/h6-16,20,24H,1,17H2,2-5H3,(H,31,32)/b19-13+,21-14+. The zero-order valence-corrected chi connectivity index (χ0v) is 20.3. The minimum atomic E-state index is -1.13. The minimum absolute atomic E-state index is 0.110. The number of aromatic nitrogens is 1. The zero-order valence-electron chi connectivity index (χ0n) is 19.5. The van der Waals surface area contributed by atoms with E-state index in [0.717, 1.165) is 11.1 Å². The van der Waals surface area contributed by atoms with E-state index in [4.69, 9.17) is 16.3 Å². The molecule has 0 aliphatic heterocycles. The van der Waals surface area contributed by atoms with Crippen molar-refractivity contribution >= 4 is 17.5 Å². The lowest BCUT2D eigenvalue weighted by atomic mass is 9.85. The summed E-state index contributed by atoms with van der Waals surface area (Å²) in [5.41, 5.74) is 1.35. The second-order valence-corrected chi connectivity index (χ2v) is 8.89. The molecule has 1 amide bonds. The number of hydrogen-bond donors (Lipinski definition) is 1. The van der Waals surface area contributed by atoms with Crippen LogP contribution in [0.3, 0.4) is 0 Å². The van der Waals surface area contributed by atoms with Crippen LogP contribution in [0, 0.1) is 11.3 Å². The molecule has 0 spiro atoms. The van der Waals surface area contributed by atoms with Gasteiger partial charge in [0.05, 0.1) is 11.6 Å². The Balaban J connectivity index is 2.30. The molecule has 2 unspecified atom stereocenters. The molecule has 2 atom stereocenters. The number of benzene rings is 1. The number of ether oxygens (including phenoxy) is 1. The van der Waals surface area contributed by atoms with E-state index >= 15 is 0 Å². The Labute approximate surface area is 201 Å². The maximum Gasteiger partial charge on any atom is 0.263 e. The summed E-state index contributed by atoms with van der Waals surface area (Å²) in [4.78, 5) is 17.3. The Bertz CT molecular complexity index is 1060. The van der Waals surface area contributed by atoms with Gasteiger partial charge in [-0.2, -0.15) is 5.26 Å². The molecule has 0 radical (unpaired) electrons. The third-order valence-electron chi connectivity index (χ3n) is 5.20. The van der Waals surface area contributed by atoms with Crippen molar-refractivity contribution in [1.29, 1.82) is 5.26 Å². The largest absolute Gasteiger partial charge is 0.462 e. The van der Waals surface area contributed by atoms with E-state index in [9.17, 15) is 10.1 Å². The topological polar surface area (TPSA) is 75.0 Å². The molecule has 172 valence electrons. The Hall–Kier alpha value is -3.36. The van der Waals surface area contributed by atoms with E-state index < -0.39 is 5.60 Å². The first-order valence-corrected chi connectivity index (χ1v) is 11.1. The zero-order chi connectivity index (χ0) is 24.4. The van der Waals surface area contributed by atoms with Gasteiger partial charge in [-0.3, -0.25) is 4.79 Å². The van der Waals surface area contributed by atoms with Gasteiger partial charge >= 0.3 is 0 Å². The van der Waals surface area contributed by atoms with E-state index in [2.05, 4.69) is 22.9 Å². The Kier molecular flexibility index (Phi) is 9.44. The summed E-state index contributed by atoms with van der Waals surface area (Å²) >= 11 is 5.99. The number of nitrogens with zero attached hydrogens (tertiary/aromatic N) is 2. The van der Waals surface area contributed by atoms with Gasteiger partial charge in [-0.1, -0.05) is 48.5 Å². The smallest absolute Gasteiger partial charge is 0.263 e. The number of hydrogen-bond acceptors (Lipinski definition) is 4. The fraction of sp³-hybridized carbons (Fsp3) is 0.296. The van der Waals surface area contributed by atoms with Crippen molar-refractivity contribution in [2.24, 2.45) is 0 Å². The maximum atomic E-state index is 13.1. The quantitative estimate of drug-likeness (QED) is 0.435. The van der Waals surface area contributed by atoms with Crippen LogP contribution in [0.25, 0.3) is 0 Å². The average molecular weight is 464 g/mol. The predicted molar refractivity (Wildman–Crippen MR) is 133 cm³/mol. The van der Waals surface area contributed by atoms with E-state index in [1.165, 1.54) is 0 Å². The van der Waals surface area contributed by atoms with Crippen molar-refractivity contribution in [2.75, 3.05) is 0 Å². The first kappa shape index (κ1) is 25.9. The van der Waals surface area contributed by atoms with Crippen LogP contribution in [0.5, 0.6) is 5.88 Å². The Morgan fingerprint density at radius 1 is 1.30 bits per heavy atom. The van der Waals surface area contributed by atoms with Crippen molar-refractivity contribution in [2.45, 2.75) is 51.7 Å². The number of allylic oxidation sites excluding steroid dienone is 5. The van der Waals surface area contributed by atoms with Gasteiger partial charge in [0.1, 0.15) is 0 Å². The van der Waals surface area contributed by atoms with Gasteiger partial charge < -0.3 is 10.1 Å². The highest BCUT2D eigenvalue weighted by molar-refractivity contribution is 6.29. The summed E-state index contributed by atoms with van der Waals surface area (Å²) in [6.45, 7) is 11.1. The maximum absolute atomic E-state index is 13.1. The first-order valence-electron chi connectivity index (χ1n) is 10.7. The van der Waals surface area contributed by atoms with Crippen LogP contribution in [-0.2, 0) is 4.79 Å². The summed E-state index contributed by atoms with van der Waals surface area (Å²) in [6.07, 6.45) is 7.72. The van der Waals surface area contributed by atoms with Gasteiger partial charge in [0, 0.05) is 29.3 Å². The Morgan fingerprint density at radius 3 is 2.67 bits per heavy atom. The number of nitriles is 1. The molecule has 0 aliphatic carbocycles. The van der Waals surface area contributed by atoms with Gasteiger partial charge in [0.2, 0.25) is 5.88 Å². The van der Waals surface area contributed by atoms with Gasteiger partial charge in [-0.25, -0.2) is 4.98 Å². The fourth-order valence-corrected chi connectivity index (χ4v) is 3.38. The Morgan fingerprint density at radius 2 is 2.06 bits per heavy atom. The van der Waals surface area contributed by atoms with Crippen LogP contribution in [-0.4, -0.2) is 22.5 Å². The highest BCUT2D eigenvalue weighted by atomic mass is 35.5. The number of halogens is 1. The molecular weight excluding hydrogens is 434 g/mol.